The molecule has 1 N–H and O–H groups in total. The monoisotopic (exact) mass is 312 g/mol. The number of methoxy groups -OCH3 is 1. The zero-order valence-electron chi connectivity index (χ0n) is 11.3. The molecule has 0 unspecified atom stereocenters. The lowest BCUT2D eigenvalue weighted by atomic mass is 10.2. The lowest BCUT2D eigenvalue weighted by Gasteiger charge is -2.11. The number of amides is 1. The molecule has 2 rings (SSSR count). The van der Waals surface area contributed by atoms with Crippen LogP contribution in [-0.2, 0) is 11.0 Å². The molecule has 0 aliphatic rings. The fraction of sp³-hybridized carbons (Fsp3) is 0.143. The minimum Gasteiger partial charge on any atom is -0.495 e. The first-order chi connectivity index (χ1) is 10.4. The predicted molar refractivity (Wildman–Crippen MR) is 72.0 cm³/mol. The predicted octanol–water partition coefficient (Wildman–Crippen LogP) is 3.47. The highest BCUT2D eigenvalue weighted by Crippen LogP contribution is 2.33. The minimum absolute atomic E-state index is 0.206. The summed E-state index contributed by atoms with van der Waals surface area (Å²) in [5.41, 5.74) is -0.542. The highest BCUT2D eigenvalue weighted by molar-refractivity contribution is 5.76. The van der Waals surface area contributed by atoms with Gasteiger partial charge in [0.1, 0.15) is 11.5 Å². The lowest BCUT2D eigenvalue weighted by molar-refractivity contribution is -0.137. The molecule has 0 aliphatic heterocycles. The summed E-state index contributed by atoms with van der Waals surface area (Å²) in [6.07, 6.45) is -3.03. The van der Waals surface area contributed by atoms with Gasteiger partial charge in [-0.1, -0.05) is 0 Å². The van der Waals surface area contributed by atoms with Gasteiger partial charge in [0.2, 0.25) is 12.3 Å². The lowest BCUT2D eigenvalue weighted by Crippen LogP contribution is -2.05. The maximum absolute atomic E-state index is 12.6. The van der Waals surface area contributed by atoms with Gasteiger partial charge in [0, 0.05) is 18.3 Å². The molecule has 5 nitrogen and oxygen atoms in total. The summed E-state index contributed by atoms with van der Waals surface area (Å²) in [6.45, 7) is 0. The Hall–Kier alpha value is -2.77. The summed E-state index contributed by atoms with van der Waals surface area (Å²) in [4.78, 5) is 14.2. The third kappa shape index (κ3) is 3.66. The second-order valence-corrected chi connectivity index (χ2v) is 4.11. The van der Waals surface area contributed by atoms with Gasteiger partial charge >= 0.3 is 6.18 Å². The van der Waals surface area contributed by atoms with E-state index >= 15 is 0 Å². The first kappa shape index (κ1) is 15.6. The van der Waals surface area contributed by atoms with Crippen molar-refractivity contribution in [1.29, 1.82) is 0 Å². The average Bonchev–Trinajstić information content (AvgIpc) is 2.47. The molecule has 0 aliphatic carbocycles. The molecule has 1 amide bonds. The number of nitrogens with one attached hydrogen (secondary N) is 1. The Morgan fingerprint density at radius 3 is 2.64 bits per heavy atom. The van der Waals surface area contributed by atoms with Crippen LogP contribution in [0.1, 0.15) is 5.56 Å². The van der Waals surface area contributed by atoms with Crippen molar-refractivity contribution in [1.82, 2.24) is 4.98 Å². The fourth-order valence-electron chi connectivity index (χ4n) is 1.69. The molecule has 1 aromatic carbocycles. The number of rotatable bonds is 5. The van der Waals surface area contributed by atoms with Gasteiger partial charge < -0.3 is 14.8 Å². The van der Waals surface area contributed by atoms with Crippen molar-refractivity contribution < 1.29 is 27.4 Å². The second-order valence-electron chi connectivity index (χ2n) is 4.11. The normalized spacial score (nSPS) is 10.9. The molecule has 116 valence electrons. The topological polar surface area (TPSA) is 60.5 Å². The van der Waals surface area contributed by atoms with E-state index < -0.39 is 11.7 Å². The number of anilines is 1. The SMILES string of the molecule is COc1ccc(Oc2cc(C(F)(F)F)ccn2)cc1NC=O. The number of carbonyl (C=O) groups excluding carboxylic acids is 1. The summed E-state index contributed by atoms with van der Waals surface area (Å²) in [5, 5.41) is 2.40. The Labute approximate surface area is 123 Å². The summed E-state index contributed by atoms with van der Waals surface area (Å²) in [6, 6.07) is 6.04. The summed E-state index contributed by atoms with van der Waals surface area (Å²) >= 11 is 0. The summed E-state index contributed by atoms with van der Waals surface area (Å²) in [5.74, 6) is 0.380. The van der Waals surface area contributed by atoms with Gasteiger partial charge in [0.25, 0.3) is 0 Å². The van der Waals surface area contributed by atoms with Crippen molar-refractivity contribution in [3.8, 4) is 17.4 Å². The van der Waals surface area contributed by atoms with E-state index in [0.717, 1.165) is 18.3 Å². The number of pyridine rings is 1. The number of hydrogen-bond acceptors (Lipinski definition) is 4. The van der Waals surface area contributed by atoms with E-state index in [1.165, 1.54) is 25.3 Å². The van der Waals surface area contributed by atoms with E-state index in [0.29, 0.717) is 17.8 Å². The number of ether oxygens (including phenoxy) is 2. The van der Waals surface area contributed by atoms with Crippen LogP contribution in [0.3, 0.4) is 0 Å². The van der Waals surface area contributed by atoms with Gasteiger partial charge in [0.15, 0.2) is 0 Å². The van der Waals surface area contributed by atoms with E-state index in [9.17, 15) is 18.0 Å². The Bertz CT molecular complexity index is 675. The number of benzene rings is 1. The smallest absolute Gasteiger partial charge is 0.416 e. The molecular formula is C14H11F3N2O3. The molecule has 0 saturated carbocycles. The van der Waals surface area contributed by atoms with E-state index in [-0.39, 0.29) is 11.6 Å². The van der Waals surface area contributed by atoms with Crippen molar-refractivity contribution in [3.05, 3.63) is 42.1 Å². The Balaban J connectivity index is 2.27. The molecular weight excluding hydrogens is 301 g/mol. The highest BCUT2D eigenvalue weighted by Gasteiger charge is 2.31. The number of carbonyl (C=O) groups is 1. The third-order valence-corrected chi connectivity index (χ3v) is 2.67. The van der Waals surface area contributed by atoms with E-state index in [1.807, 2.05) is 0 Å². The van der Waals surface area contributed by atoms with Crippen LogP contribution in [0.4, 0.5) is 18.9 Å². The molecule has 8 heteroatoms. The largest absolute Gasteiger partial charge is 0.495 e. The molecule has 0 spiro atoms. The van der Waals surface area contributed by atoms with Crippen LogP contribution in [0.2, 0.25) is 0 Å². The zero-order valence-corrected chi connectivity index (χ0v) is 11.3. The molecule has 0 fully saturated rings. The van der Waals surface area contributed by atoms with Gasteiger partial charge in [0.05, 0.1) is 18.4 Å². The molecule has 1 aromatic heterocycles. The van der Waals surface area contributed by atoms with Gasteiger partial charge in [-0.15, -0.1) is 0 Å². The van der Waals surface area contributed by atoms with Gasteiger partial charge in [-0.25, -0.2) is 4.98 Å². The van der Waals surface area contributed by atoms with E-state index in [4.69, 9.17) is 9.47 Å². The summed E-state index contributed by atoms with van der Waals surface area (Å²) < 4.78 is 48.2. The highest BCUT2D eigenvalue weighted by atomic mass is 19.4. The van der Waals surface area contributed by atoms with Crippen LogP contribution in [0, 0.1) is 0 Å². The number of aromatic nitrogens is 1. The van der Waals surface area contributed by atoms with Gasteiger partial charge in [-0.3, -0.25) is 4.79 Å². The molecule has 1 heterocycles. The first-order valence-electron chi connectivity index (χ1n) is 6.03. The number of halogens is 3. The van der Waals surface area contributed by atoms with Crippen LogP contribution < -0.4 is 14.8 Å². The Morgan fingerprint density at radius 2 is 2.00 bits per heavy atom. The molecule has 2 aromatic rings. The maximum atomic E-state index is 12.6. The van der Waals surface area contributed by atoms with Crippen LogP contribution >= 0.6 is 0 Å². The number of nitrogens with zero attached hydrogens (tertiary/aromatic N) is 1. The van der Waals surface area contributed by atoms with Crippen LogP contribution in [0.5, 0.6) is 17.4 Å². The number of hydrogen-bond donors (Lipinski definition) is 1. The third-order valence-electron chi connectivity index (χ3n) is 2.67. The molecule has 0 atom stereocenters. The molecule has 0 saturated heterocycles. The van der Waals surface area contributed by atoms with Crippen molar-refractivity contribution in [2.24, 2.45) is 0 Å². The van der Waals surface area contributed by atoms with Crippen LogP contribution in [0.15, 0.2) is 36.5 Å². The fourth-order valence-corrected chi connectivity index (χ4v) is 1.69. The van der Waals surface area contributed by atoms with Gasteiger partial charge in [-0.05, 0) is 18.2 Å². The molecule has 0 bridgehead atoms. The van der Waals surface area contributed by atoms with Crippen molar-refractivity contribution in [2.75, 3.05) is 12.4 Å². The summed E-state index contributed by atoms with van der Waals surface area (Å²) in [7, 11) is 1.42. The van der Waals surface area contributed by atoms with E-state index in [2.05, 4.69) is 10.3 Å². The quantitative estimate of drug-likeness (QED) is 0.859. The first-order valence-corrected chi connectivity index (χ1v) is 6.03. The molecule has 0 radical (unpaired) electrons. The second kappa shape index (κ2) is 6.33. The van der Waals surface area contributed by atoms with Crippen LogP contribution in [-0.4, -0.2) is 18.5 Å². The van der Waals surface area contributed by atoms with Crippen molar-refractivity contribution >= 4 is 12.1 Å². The number of alkyl halides is 3. The van der Waals surface area contributed by atoms with Crippen molar-refractivity contribution in [2.45, 2.75) is 6.18 Å². The Kier molecular flexibility index (Phi) is 4.50. The Morgan fingerprint density at radius 1 is 1.23 bits per heavy atom. The van der Waals surface area contributed by atoms with E-state index in [1.54, 1.807) is 0 Å². The van der Waals surface area contributed by atoms with Crippen LogP contribution in [0.25, 0.3) is 0 Å². The minimum atomic E-state index is -4.48. The van der Waals surface area contributed by atoms with Gasteiger partial charge in [-0.2, -0.15) is 13.2 Å². The standard InChI is InChI=1S/C14H11F3N2O3/c1-21-12-3-2-10(7-11(12)19-8-20)22-13-6-9(4-5-18-13)14(15,16)17/h2-8H,1H3,(H,19,20). The molecule has 22 heavy (non-hydrogen) atoms. The zero-order chi connectivity index (χ0) is 16.2. The van der Waals surface area contributed by atoms with Crippen molar-refractivity contribution in [3.63, 3.8) is 0 Å². The average molecular weight is 312 g/mol. The maximum Gasteiger partial charge on any atom is 0.416 e.